The van der Waals surface area contributed by atoms with Crippen molar-refractivity contribution in [1.29, 1.82) is 0 Å². The Kier molecular flexibility index (Phi) is 10.1. The molecule has 0 aliphatic heterocycles. The molecule has 7 nitrogen and oxygen atoms in total. The molecule has 0 saturated carbocycles. The summed E-state index contributed by atoms with van der Waals surface area (Å²) in [7, 11) is 3.58. The van der Waals surface area contributed by atoms with Gasteiger partial charge in [0.05, 0.1) is 6.54 Å². The van der Waals surface area contributed by atoms with E-state index < -0.39 is 5.91 Å². The lowest BCUT2D eigenvalue weighted by atomic mass is 10.1. The maximum Gasteiger partial charge on any atom is 0.251 e. The number of carbonyl (C=O) groups is 2. The SMILES string of the molecule is CN=C(NCc1ccc(C(=O)NCC(N)=O)cc1)N(C)Cc1ccc(F)cc1.I. The molecule has 2 aromatic rings. The molecule has 0 heterocycles. The number of amides is 2. The minimum absolute atomic E-state index is 0. The molecule has 156 valence electrons. The lowest BCUT2D eigenvalue weighted by Crippen LogP contribution is -2.38. The van der Waals surface area contributed by atoms with Crippen LogP contribution in [0.3, 0.4) is 0 Å². The molecule has 0 aliphatic carbocycles. The largest absolute Gasteiger partial charge is 0.368 e. The number of nitrogens with one attached hydrogen (secondary N) is 2. The number of guanidine groups is 1. The van der Waals surface area contributed by atoms with Crippen LogP contribution in [0.25, 0.3) is 0 Å². The Labute approximate surface area is 186 Å². The van der Waals surface area contributed by atoms with Crippen molar-refractivity contribution in [2.24, 2.45) is 10.7 Å². The summed E-state index contributed by atoms with van der Waals surface area (Å²) >= 11 is 0. The lowest BCUT2D eigenvalue weighted by Gasteiger charge is -2.22. The summed E-state index contributed by atoms with van der Waals surface area (Å²) in [4.78, 5) is 28.8. The molecular formula is C20H25FIN5O2. The van der Waals surface area contributed by atoms with Crippen LogP contribution in [0.4, 0.5) is 4.39 Å². The molecule has 4 N–H and O–H groups in total. The highest BCUT2D eigenvalue weighted by atomic mass is 127. The van der Waals surface area contributed by atoms with Gasteiger partial charge in [0.15, 0.2) is 5.96 Å². The van der Waals surface area contributed by atoms with Crippen molar-refractivity contribution < 1.29 is 14.0 Å². The van der Waals surface area contributed by atoms with Gasteiger partial charge in [0, 0.05) is 32.7 Å². The highest BCUT2D eigenvalue weighted by Crippen LogP contribution is 2.07. The Hall–Kier alpha value is -2.69. The van der Waals surface area contributed by atoms with Crippen LogP contribution in [0.1, 0.15) is 21.5 Å². The number of nitrogens with two attached hydrogens (primary N) is 1. The van der Waals surface area contributed by atoms with E-state index in [0.717, 1.165) is 11.1 Å². The van der Waals surface area contributed by atoms with Gasteiger partial charge in [-0.3, -0.25) is 14.6 Å². The van der Waals surface area contributed by atoms with Crippen LogP contribution < -0.4 is 16.4 Å². The molecule has 0 radical (unpaired) electrons. The van der Waals surface area contributed by atoms with Crippen LogP contribution in [0.2, 0.25) is 0 Å². The van der Waals surface area contributed by atoms with Gasteiger partial charge in [-0.1, -0.05) is 24.3 Å². The van der Waals surface area contributed by atoms with Crippen LogP contribution in [0, 0.1) is 5.82 Å². The van der Waals surface area contributed by atoms with Crippen molar-refractivity contribution in [2.45, 2.75) is 13.1 Å². The van der Waals surface area contributed by atoms with E-state index >= 15 is 0 Å². The molecule has 2 rings (SSSR count). The molecule has 2 amide bonds. The van der Waals surface area contributed by atoms with E-state index in [1.165, 1.54) is 12.1 Å². The smallest absolute Gasteiger partial charge is 0.251 e. The molecule has 0 fully saturated rings. The van der Waals surface area contributed by atoms with Gasteiger partial charge in [0.25, 0.3) is 5.91 Å². The number of primary amides is 1. The average molecular weight is 513 g/mol. The molecule has 0 unspecified atom stereocenters. The number of rotatable bonds is 7. The summed E-state index contributed by atoms with van der Waals surface area (Å²) in [6.07, 6.45) is 0. The quantitative estimate of drug-likeness (QED) is 0.299. The van der Waals surface area contributed by atoms with Gasteiger partial charge >= 0.3 is 0 Å². The highest BCUT2D eigenvalue weighted by molar-refractivity contribution is 14.0. The van der Waals surface area contributed by atoms with Crippen molar-refractivity contribution in [3.63, 3.8) is 0 Å². The van der Waals surface area contributed by atoms with Crippen LogP contribution in [0.15, 0.2) is 53.5 Å². The van der Waals surface area contributed by atoms with Crippen molar-refractivity contribution in [1.82, 2.24) is 15.5 Å². The molecule has 0 bridgehead atoms. The van der Waals surface area contributed by atoms with Gasteiger partial charge in [-0.15, -0.1) is 24.0 Å². The molecule has 0 saturated heterocycles. The van der Waals surface area contributed by atoms with Crippen molar-refractivity contribution >= 4 is 41.8 Å². The van der Waals surface area contributed by atoms with Gasteiger partial charge in [-0.05, 0) is 35.4 Å². The standard InChI is InChI=1S/C20H24FN5O2.HI/c1-23-20(26(2)13-15-5-9-17(21)10-6-15)25-11-14-3-7-16(8-4-14)19(28)24-12-18(22)27;/h3-10H,11-13H2,1-2H3,(H2,22,27)(H,23,25)(H,24,28);1H. The zero-order chi connectivity index (χ0) is 20.5. The topological polar surface area (TPSA) is 99.8 Å². The lowest BCUT2D eigenvalue weighted by molar-refractivity contribution is -0.117. The van der Waals surface area contributed by atoms with Crippen molar-refractivity contribution in [3.8, 4) is 0 Å². The summed E-state index contributed by atoms with van der Waals surface area (Å²) in [6, 6.07) is 13.3. The van der Waals surface area contributed by atoms with Crippen LogP contribution in [-0.2, 0) is 17.9 Å². The van der Waals surface area contributed by atoms with Gasteiger partial charge in [0.2, 0.25) is 5.91 Å². The Morgan fingerprint density at radius 3 is 2.17 bits per heavy atom. The summed E-state index contributed by atoms with van der Waals surface area (Å²) in [6.45, 7) is 0.904. The van der Waals surface area contributed by atoms with Gasteiger partial charge in [-0.2, -0.15) is 0 Å². The van der Waals surface area contributed by atoms with E-state index in [4.69, 9.17) is 5.73 Å². The number of aliphatic imine (C=N–C) groups is 1. The highest BCUT2D eigenvalue weighted by Gasteiger charge is 2.09. The normalized spacial score (nSPS) is 10.7. The Balaban J connectivity index is 0.00000420. The average Bonchev–Trinajstić information content (AvgIpc) is 2.68. The van der Waals surface area contributed by atoms with E-state index in [2.05, 4.69) is 15.6 Å². The first-order valence-corrected chi connectivity index (χ1v) is 8.70. The second kappa shape index (κ2) is 12.0. The molecule has 9 heteroatoms. The Bertz CT molecular complexity index is 841. The number of hydrogen-bond acceptors (Lipinski definition) is 3. The number of halogens is 2. The summed E-state index contributed by atoms with van der Waals surface area (Å²) in [5.74, 6) is -0.522. The van der Waals surface area contributed by atoms with Gasteiger partial charge in [-0.25, -0.2) is 4.39 Å². The third kappa shape index (κ3) is 8.06. The third-order valence-electron chi connectivity index (χ3n) is 4.00. The van der Waals surface area contributed by atoms with E-state index in [1.807, 2.05) is 24.1 Å². The van der Waals surface area contributed by atoms with Crippen LogP contribution in [-0.4, -0.2) is 43.3 Å². The van der Waals surface area contributed by atoms with E-state index in [9.17, 15) is 14.0 Å². The minimum Gasteiger partial charge on any atom is -0.368 e. The predicted octanol–water partition coefficient (Wildman–Crippen LogP) is 1.87. The number of nitrogens with zero attached hydrogens (tertiary/aromatic N) is 2. The van der Waals surface area contributed by atoms with Gasteiger partial charge in [0.1, 0.15) is 5.82 Å². The number of hydrogen-bond donors (Lipinski definition) is 3. The Morgan fingerprint density at radius 1 is 1.03 bits per heavy atom. The molecule has 0 atom stereocenters. The van der Waals surface area contributed by atoms with Crippen LogP contribution in [0.5, 0.6) is 0 Å². The fourth-order valence-electron chi connectivity index (χ4n) is 2.55. The first-order valence-electron chi connectivity index (χ1n) is 8.70. The minimum atomic E-state index is -0.592. The summed E-state index contributed by atoms with van der Waals surface area (Å²) in [5.41, 5.74) is 7.39. The molecule has 0 aliphatic rings. The molecule has 2 aromatic carbocycles. The second-order valence-electron chi connectivity index (χ2n) is 6.23. The third-order valence-corrected chi connectivity index (χ3v) is 4.00. The predicted molar refractivity (Wildman–Crippen MR) is 121 cm³/mol. The summed E-state index contributed by atoms with van der Waals surface area (Å²) in [5, 5.41) is 5.69. The first kappa shape index (κ1) is 24.3. The van der Waals surface area contributed by atoms with Gasteiger partial charge < -0.3 is 21.3 Å². The zero-order valence-electron chi connectivity index (χ0n) is 16.3. The number of benzene rings is 2. The zero-order valence-corrected chi connectivity index (χ0v) is 18.6. The monoisotopic (exact) mass is 513 g/mol. The molecule has 0 spiro atoms. The van der Waals surface area contributed by atoms with Crippen molar-refractivity contribution in [2.75, 3.05) is 20.6 Å². The maximum absolute atomic E-state index is 13.0. The molecule has 29 heavy (non-hydrogen) atoms. The van der Waals surface area contributed by atoms with Crippen LogP contribution >= 0.6 is 24.0 Å². The van der Waals surface area contributed by atoms with E-state index in [0.29, 0.717) is 24.6 Å². The number of carbonyl (C=O) groups excluding carboxylic acids is 2. The van der Waals surface area contributed by atoms with Crippen molar-refractivity contribution in [3.05, 3.63) is 71.0 Å². The molecule has 0 aromatic heterocycles. The second-order valence-corrected chi connectivity index (χ2v) is 6.23. The fourth-order valence-corrected chi connectivity index (χ4v) is 2.55. The maximum atomic E-state index is 13.0. The van der Waals surface area contributed by atoms with E-state index in [-0.39, 0.29) is 42.2 Å². The summed E-state index contributed by atoms with van der Waals surface area (Å²) < 4.78 is 13.0. The Morgan fingerprint density at radius 2 is 1.62 bits per heavy atom. The fraction of sp³-hybridized carbons (Fsp3) is 0.250. The van der Waals surface area contributed by atoms with E-state index in [1.54, 1.807) is 31.3 Å². The first-order chi connectivity index (χ1) is 13.4. The molecular weight excluding hydrogens is 488 g/mol.